The number of guanidine groups is 1. The monoisotopic (exact) mass is 391 g/mol. The number of nitrogens with one attached hydrogen (secondary N) is 3. The van der Waals surface area contributed by atoms with Gasteiger partial charge in [0.05, 0.1) is 13.1 Å². The molecule has 1 fully saturated rings. The molecule has 156 valence electrons. The number of nitrogens with zero attached hydrogens (tertiary/aromatic N) is 4. The Morgan fingerprint density at radius 2 is 2.07 bits per heavy atom. The summed E-state index contributed by atoms with van der Waals surface area (Å²) in [7, 11) is 1.65. The molecule has 0 radical (unpaired) electrons. The van der Waals surface area contributed by atoms with Crippen molar-refractivity contribution in [2.75, 3.05) is 20.2 Å². The van der Waals surface area contributed by atoms with E-state index in [0.717, 1.165) is 56.4 Å². The van der Waals surface area contributed by atoms with E-state index in [9.17, 15) is 4.79 Å². The van der Waals surface area contributed by atoms with Gasteiger partial charge in [0, 0.05) is 38.6 Å². The van der Waals surface area contributed by atoms with Crippen LogP contribution in [-0.2, 0) is 29.1 Å². The molecular formula is C19H33N7O2. The summed E-state index contributed by atoms with van der Waals surface area (Å²) in [6, 6.07) is 0.597. The van der Waals surface area contributed by atoms with E-state index in [1.54, 1.807) is 7.11 Å². The highest BCUT2D eigenvalue weighted by Crippen LogP contribution is 2.17. The van der Waals surface area contributed by atoms with Crippen molar-refractivity contribution in [1.82, 2.24) is 30.7 Å². The second kappa shape index (κ2) is 10.4. The summed E-state index contributed by atoms with van der Waals surface area (Å²) in [5.41, 5.74) is 0. The normalized spacial score (nSPS) is 20.1. The SMILES string of the molecule is CCNC(=NCCC(=O)NC1CCCC1)NC1CCc2nc(COC)nn2C1. The number of aryl methyl sites for hydroxylation is 1. The van der Waals surface area contributed by atoms with Crippen molar-refractivity contribution >= 4 is 11.9 Å². The summed E-state index contributed by atoms with van der Waals surface area (Å²) in [6.45, 7) is 4.48. The Balaban J connectivity index is 1.47. The van der Waals surface area contributed by atoms with Crippen LogP contribution in [0, 0.1) is 0 Å². The van der Waals surface area contributed by atoms with Gasteiger partial charge in [-0.3, -0.25) is 9.79 Å². The highest BCUT2D eigenvalue weighted by atomic mass is 16.5. The Hall–Kier alpha value is -2.16. The minimum atomic E-state index is 0.0992. The number of fused-ring (bicyclic) bond motifs is 1. The van der Waals surface area contributed by atoms with Gasteiger partial charge in [0.1, 0.15) is 12.4 Å². The van der Waals surface area contributed by atoms with Crippen LogP contribution in [0.25, 0.3) is 0 Å². The number of carbonyl (C=O) groups is 1. The van der Waals surface area contributed by atoms with Gasteiger partial charge in [-0.2, -0.15) is 5.10 Å². The van der Waals surface area contributed by atoms with Crippen molar-refractivity contribution in [2.24, 2.45) is 4.99 Å². The molecule has 0 bridgehead atoms. The third kappa shape index (κ3) is 5.92. The van der Waals surface area contributed by atoms with Gasteiger partial charge in [0.25, 0.3) is 0 Å². The molecule has 3 N–H and O–H groups in total. The van der Waals surface area contributed by atoms with Crippen molar-refractivity contribution in [2.45, 2.75) is 77.1 Å². The van der Waals surface area contributed by atoms with E-state index >= 15 is 0 Å². The van der Waals surface area contributed by atoms with Crippen molar-refractivity contribution < 1.29 is 9.53 Å². The lowest BCUT2D eigenvalue weighted by Gasteiger charge is -2.25. The molecule has 2 heterocycles. The minimum absolute atomic E-state index is 0.0992. The highest BCUT2D eigenvalue weighted by molar-refractivity contribution is 5.81. The molecule has 3 rings (SSSR count). The van der Waals surface area contributed by atoms with E-state index in [-0.39, 0.29) is 11.9 Å². The van der Waals surface area contributed by atoms with E-state index in [1.807, 2.05) is 11.6 Å². The van der Waals surface area contributed by atoms with Crippen LogP contribution in [0.3, 0.4) is 0 Å². The number of rotatable bonds is 8. The van der Waals surface area contributed by atoms with E-state index in [4.69, 9.17) is 4.74 Å². The predicted molar refractivity (Wildman–Crippen MR) is 107 cm³/mol. The second-order valence-corrected chi connectivity index (χ2v) is 7.50. The van der Waals surface area contributed by atoms with Gasteiger partial charge in [-0.15, -0.1) is 0 Å². The summed E-state index contributed by atoms with van der Waals surface area (Å²) in [5, 5.41) is 14.4. The molecule has 0 spiro atoms. The van der Waals surface area contributed by atoms with Crippen LogP contribution < -0.4 is 16.0 Å². The van der Waals surface area contributed by atoms with Crippen LogP contribution in [0.5, 0.6) is 0 Å². The van der Waals surface area contributed by atoms with Crippen LogP contribution in [0.15, 0.2) is 4.99 Å². The fraction of sp³-hybridized carbons (Fsp3) is 0.789. The maximum Gasteiger partial charge on any atom is 0.222 e. The fourth-order valence-corrected chi connectivity index (χ4v) is 3.82. The summed E-state index contributed by atoms with van der Waals surface area (Å²) in [4.78, 5) is 21.2. The summed E-state index contributed by atoms with van der Waals surface area (Å²) >= 11 is 0. The lowest BCUT2D eigenvalue weighted by Crippen LogP contribution is -2.47. The lowest BCUT2D eigenvalue weighted by molar-refractivity contribution is -0.121. The average Bonchev–Trinajstić information content (AvgIpc) is 3.31. The molecular weight excluding hydrogens is 358 g/mol. The zero-order valence-electron chi connectivity index (χ0n) is 17.0. The first-order valence-corrected chi connectivity index (χ1v) is 10.4. The van der Waals surface area contributed by atoms with Gasteiger partial charge < -0.3 is 20.7 Å². The number of ether oxygens (including phenoxy) is 1. The van der Waals surface area contributed by atoms with E-state index in [1.165, 1.54) is 12.8 Å². The second-order valence-electron chi connectivity index (χ2n) is 7.50. The number of hydrogen-bond donors (Lipinski definition) is 3. The fourth-order valence-electron chi connectivity index (χ4n) is 3.82. The molecule has 1 unspecified atom stereocenters. The van der Waals surface area contributed by atoms with Crippen LogP contribution in [-0.4, -0.2) is 58.9 Å². The first kappa shape index (κ1) is 20.6. The molecule has 28 heavy (non-hydrogen) atoms. The van der Waals surface area contributed by atoms with Gasteiger partial charge in [0.15, 0.2) is 11.8 Å². The molecule has 2 aliphatic rings. The quantitative estimate of drug-likeness (QED) is 0.446. The number of amides is 1. The molecule has 1 amide bonds. The topological polar surface area (TPSA) is 105 Å². The van der Waals surface area contributed by atoms with E-state index < -0.39 is 0 Å². The van der Waals surface area contributed by atoms with Crippen LogP contribution in [0.4, 0.5) is 0 Å². The third-order valence-electron chi connectivity index (χ3n) is 5.19. The minimum Gasteiger partial charge on any atom is -0.377 e. The largest absolute Gasteiger partial charge is 0.377 e. The Kier molecular flexibility index (Phi) is 7.64. The number of methoxy groups -OCH3 is 1. The molecule has 9 heteroatoms. The molecule has 1 aromatic rings. The predicted octanol–water partition coefficient (Wildman–Crippen LogP) is 0.743. The van der Waals surface area contributed by atoms with Crippen LogP contribution in [0.2, 0.25) is 0 Å². The maximum atomic E-state index is 12.1. The van der Waals surface area contributed by atoms with Crippen molar-refractivity contribution in [3.05, 3.63) is 11.6 Å². The Labute approximate surface area is 166 Å². The molecule has 0 aromatic carbocycles. The first-order valence-electron chi connectivity index (χ1n) is 10.4. The Morgan fingerprint density at radius 3 is 2.82 bits per heavy atom. The average molecular weight is 392 g/mol. The number of aromatic nitrogens is 3. The summed E-state index contributed by atoms with van der Waals surface area (Å²) in [5.74, 6) is 2.59. The maximum absolute atomic E-state index is 12.1. The molecule has 1 aliphatic heterocycles. The van der Waals surface area contributed by atoms with Gasteiger partial charge >= 0.3 is 0 Å². The zero-order chi connectivity index (χ0) is 19.8. The molecule has 9 nitrogen and oxygen atoms in total. The Bertz CT molecular complexity index is 667. The van der Waals surface area contributed by atoms with Gasteiger partial charge in [-0.25, -0.2) is 9.67 Å². The summed E-state index contributed by atoms with van der Waals surface area (Å²) in [6.07, 6.45) is 6.92. The smallest absolute Gasteiger partial charge is 0.222 e. The van der Waals surface area contributed by atoms with E-state index in [0.29, 0.717) is 25.6 Å². The van der Waals surface area contributed by atoms with Crippen LogP contribution in [0.1, 0.15) is 57.1 Å². The molecule has 1 saturated carbocycles. The van der Waals surface area contributed by atoms with Gasteiger partial charge in [0.2, 0.25) is 5.91 Å². The molecule has 1 aliphatic carbocycles. The number of hydrogen-bond acceptors (Lipinski definition) is 5. The summed E-state index contributed by atoms with van der Waals surface area (Å²) < 4.78 is 7.07. The Morgan fingerprint density at radius 1 is 1.25 bits per heavy atom. The van der Waals surface area contributed by atoms with Crippen LogP contribution >= 0.6 is 0 Å². The zero-order valence-corrected chi connectivity index (χ0v) is 17.0. The van der Waals surface area contributed by atoms with Crippen molar-refractivity contribution in [1.29, 1.82) is 0 Å². The highest BCUT2D eigenvalue weighted by Gasteiger charge is 2.22. The van der Waals surface area contributed by atoms with E-state index in [2.05, 4.69) is 31.0 Å². The third-order valence-corrected chi connectivity index (χ3v) is 5.19. The number of aliphatic imine (C=N–C) groups is 1. The molecule has 1 atom stereocenters. The molecule has 1 aromatic heterocycles. The van der Waals surface area contributed by atoms with Crippen molar-refractivity contribution in [3.63, 3.8) is 0 Å². The lowest BCUT2D eigenvalue weighted by atomic mass is 10.1. The van der Waals surface area contributed by atoms with Crippen molar-refractivity contribution in [3.8, 4) is 0 Å². The van der Waals surface area contributed by atoms with Gasteiger partial charge in [-0.1, -0.05) is 12.8 Å². The standard InChI is InChI=1S/C19H33N7O2/c1-3-20-19(21-11-10-18(27)22-14-6-4-5-7-14)23-15-8-9-17-24-16(13-28-2)25-26(17)12-15/h14-15H,3-13H2,1-2H3,(H,22,27)(H2,20,21,23). The molecule has 0 saturated heterocycles. The van der Waals surface area contributed by atoms with Gasteiger partial charge in [-0.05, 0) is 26.2 Å². The first-order chi connectivity index (χ1) is 13.7. The number of carbonyl (C=O) groups excluding carboxylic acids is 1.